The third-order valence-electron chi connectivity index (χ3n) is 3.22. The molecule has 18 heavy (non-hydrogen) atoms. The smallest absolute Gasteiger partial charge is 0.230 e. The number of para-hydroxylation sites is 1. The fourth-order valence-corrected chi connectivity index (χ4v) is 2.22. The Morgan fingerprint density at radius 2 is 2.00 bits per heavy atom. The largest absolute Gasteiger partial charge is 0.381 e. The molecular weight excluding hydrogens is 226 g/mol. The number of hydrogen-bond donors (Lipinski definition) is 0. The normalized spacial score (nSPS) is 16.2. The summed E-state index contributed by atoms with van der Waals surface area (Å²) in [5.74, 6) is 0.267. The first-order chi connectivity index (χ1) is 8.83. The third-order valence-corrected chi connectivity index (χ3v) is 3.22. The first kappa shape index (κ1) is 12.8. The van der Waals surface area contributed by atoms with Crippen LogP contribution in [0, 0.1) is 5.92 Å². The van der Waals surface area contributed by atoms with Crippen LogP contribution in [0.15, 0.2) is 43.0 Å². The maximum absolute atomic E-state index is 12.5. The highest BCUT2D eigenvalue weighted by Crippen LogP contribution is 2.22. The standard InChI is InChI=1S/C15H19NO2/c1-2-10-16(14-6-4-3-5-7-14)15(17)13-8-11-18-12-9-13/h2-7,13H,1,8-12H2. The van der Waals surface area contributed by atoms with Gasteiger partial charge in [0.05, 0.1) is 0 Å². The molecular formula is C15H19NO2. The minimum absolute atomic E-state index is 0.0823. The molecule has 0 aromatic heterocycles. The molecule has 0 unspecified atom stereocenters. The molecule has 0 saturated carbocycles. The molecule has 0 atom stereocenters. The van der Waals surface area contributed by atoms with E-state index in [2.05, 4.69) is 6.58 Å². The maximum Gasteiger partial charge on any atom is 0.230 e. The second-order valence-electron chi connectivity index (χ2n) is 4.46. The van der Waals surface area contributed by atoms with E-state index in [9.17, 15) is 4.79 Å². The van der Waals surface area contributed by atoms with Gasteiger partial charge in [0.2, 0.25) is 5.91 Å². The highest BCUT2D eigenvalue weighted by molar-refractivity contribution is 5.95. The Labute approximate surface area is 108 Å². The molecule has 1 aliphatic rings. The van der Waals surface area contributed by atoms with Crippen molar-refractivity contribution in [2.75, 3.05) is 24.7 Å². The number of amides is 1. The van der Waals surface area contributed by atoms with Crippen LogP contribution in [0.3, 0.4) is 0 Å². The number of carbonyl (C=O) groups is 1. The van der Waals surface area contributed by atoms with Gasteiger partial charge in [0.25, 0.3) is 0 Å². The molecule has 2 rings (SSSR count). The van der Waals surface area contributed by atoms with Gasteiger partial charge in [-0.15, -0.1) is 6.58 Å². The number of hydrogen-bond acceptors (Lipinski definition) is 2. The van der Waals surface area contributed by atoms with Crippen LogP contribution in [0.4, 0.5) is 5.69 Å². The zero-order valence-corrected chi connectivity index (χ0v) is 10.5. The van der Waals surface area contributed by atoms with Crippen LogP contribution >= 0.6 is 0 Å². The minimum atomic E-state index is 0.0823. The van der Waals surface area contributed by atoms with Gasteiger partial charge in [0, 0.05) is 31.4 Å². The predicted molar refractivity (Wildman–Crippen MR) is 72.5 cm³/mol. The van der Waals surface area contributed by atoms with Crippen molar-refractivity contribution < 1.29 is 9.53 Å². The molecule has 3 heteroatoms. The molecule has 96 valence electrons. The Balaban J connectivity index is 2.14. The van der Waals surface area contributed by atoms with E-state index in [1.807, 2.05) is 35.2 Å². The van der Waals surface area contributed by atoms with Gasteiger partial charge in [-0.3, -0.25) is 4.79 Å². The zero-order chi connectivity index (χ0) is 12.8. The minimum Gasteiger partial charge on any atom is -0.381 e. The summed E-state index contributed by atoms with van der Waals surface area (Å²) in [5, 5.41) is 0. The number of nitrogens with zero attached hydrogens (tertiary/aromatic N) is 1. The quantitative estimate of drug-likeness (QED) is 0.763. The van der Waals surface area contributed by atoms with Crippen LogP contribution in [0.1, 0.15) is 12.8 Å². The summed E-state index contributed by atoms with van der Waals surface area (Å²) in [6.45, 7) is 5.67. The Morgan fingerprint density at radius 1 is 1.33 bits per heavy atom. The lowest BCUT2D eigenvalue weighted by atomic mass is 9.98. The van der Waals surface area contributed by atoms with Crippen LogP contribution in [0.5, 0.6) is 0 Å². The van der Waals surface area contributed by atoms with Gasteiger partial charge in [-0.25, -0.2) is 0 Å². The number of carbonyl (C=O) groups excluding carboxylic acids is 1. The predicted octanol–water partition coefficient (Wildman–Crippen LogP) is 2.63. The van der Waals surface area contributed by atoms with Gasteiger partial charge in [-0.2, -0.15) is 0 Å². The molecule has 0 spiro atoms. The molecule has 1 amide bonds. The van der Waals surface area contributed by atoms with Crippen molar-refractivity contribution in [1.82, 2.24) is 0 Å². The van der Waals surface area contributed by atoms with Gasteiger partial charge in [0.15, 0.2) is 0 Å². The van der Waals surface area contributed by atoms with Crippen molar-refractivity contribution in [2.24, 2.45) is 5.92 Å². The summed E-state index contributed by atoms with van der Waals surface area (Å²) in [5.41, 5.74) is 0.939. The molecule has 1 aliphatic heterocycles. The molecule has 0 radical (unpaired) electrons. The SMILES string of the molecule is C=CCN(C(=O)C1CCOCC1)c1ccccc1. The molecule has 0 N–H and O–H groups in total. The summed E-state index contributed by atoms with van der Waals surface area (Å²) in [7, 11) is 0. The first-order valence-electron chi connectivity index (χ1n) is 6.38. The monoisotopic (exact) mass is 245 g/mol. The molecule has 1 heterocycles. The van der Waals surface area contributed by atoms with Crippen LogP contribution in [0.25, 0.3) is 0 Å². The summed E-state index contributed by atoms with van der Waals surface area (Å²) < 4.78 is 5.30. The number of anilines is 1. The second kappa shape index (κ2) is 6.36. The Bertz CT molecular complexity index is 396. The van der Waals surface area contributed by atoms with Crippen molar-refractivity contribution in [2.45, 2.75) is 12.8 Å². The lowest BCUT2D eigenvalue weighted by molar-refractivity contribution is -0.125. The van der Waals surface area contributed by atoms with E-state index >= 15 is 0 Å². The average molecular weight is 245 g/mol. The van der Waals surface area contributed by atoms with Crippen molar-refractivity contribution in [3.8, 4) is 0 Å². The van der Waals surface area contributed by atoms with Gasteiger partial charge in [-0.05, 0) is 25.0 Å². The summed E-state index contributed by atoms with van der Waals surface area (Å²) in [6.07, 6.45) is 3.41. The number of benzene rings is 1. The summed E-state index contributed by atoms with van der Waals surface area (Å²) in [4.78, 5) is 14.3. The van der Waals surface area contributed by atoms with Crippen LogP contribution < -0.4 is 4.90 Å². The van der Waals surface area contributed by atoms with Crippen molar-refractivity contribution in [1.29, 1.82) is 0 Å². The summed E-state index contributed by atoms with van der Waals surface area (Å²) in [6, 6.07) is 9.77. The first-order valence-corrected chi connectivity index (χ1v) is 6.38. The van der Waals surface area contributed by atoms with E-state index in [0.717, 1.165) is 18.5 Å². The Kier molecular flexibility index (Phi) is 4.53. The molecule has 1 aromatic rings. The molecule has 1 fully saturated rings. The Morgan fingerprint density at radius 3 is 2.61 bits per heavy atom. The lowest BCUT2D eigenvalue weighted by Crippen LogP contribution is -2.38. The topological polar surface area (TPSA) is 29.5 Å². The lowest BCUT2D eigenvalue weighted by Gasteiger charge is -2.28. The summed E-state index contributed by atoms with van der Waals surface area (Å²) >= 11 is 0. The molecule has 1 saturated heterocycles. The molecule has 3 nitrogen and oxygen atoms in total. The van der Waals surface area contributed by atoms with Gasteiger partial charge in [-0.1, -0.05) is 24.3 Å². The van der Waals surface area contributed by atoms with E-state index in [1.165, 1.54) is 0 Å². The van der Waals surface area contributed by atoms with E-state index in [0.29, 0.717) is 19.8 Å². The fraction of sp³-hybridized carbons (Fsp3) is 0.400. The zero-order valence-electron chi connectivity index (χ0n) is 10.5. The highest BCUT2D eigenvalue weighted by atomic mass is 16.5. The molecule has 0 bridgehead atoms. The Hall–Kier alpha value is -1.61. The fourth-order valence-electron chi connectivity index (χ4n) is 2.22. The van der Waals surface area contributed by atoms with Crippen LogP contribution in [-0.4, -0.2) is 25.7 Å². The van der Waals surface area contributed by atoms with Crippen LogP contribution in [-0.2, 0) is 9.53 Å². The van der Waals surface area contributed by atoms with E-state index < -0.39 is 0 Å². The van der Waals surface area contributed by atoms with E-state index in [-0.39, 0.29) is 11.8 Å². The third kappa shape index (κ3) is 2.99. The maximum atomic E-state index is 12.5. The second-order valence-corrected chi connectivity index (χ2v) is 4.46. The van der Waals surface area contributed by atoms with E-state index in [4.69, 9.17) is 4.74 Å². The van der Waals surface area contributed by atoms with Crippen molar-refractivity contribution >= 4 is 11.6 Å². The van der Waals surface area contributed by atoms with Crippen molar-refractivity contribution in [3.63, 3.8) is 0 Å². The number of rotatable bonds is 4. The van der Waals surface area contributed by atoms with Crippen molar-refractivity contribution in [3.05, 3.63) is 43.0 Å². The average Bonchev–Trinajstić information content (AvgIpc) is 2.46. The van der Waals surface area contributed by atoms with Gasteiger partial charge in [0.1, 0.15) is 0 Å². The van der Waals surface area contributed by atoms with E-state index in [1.54, 1.807) is 6.08 Å². The van der Waals surface area contributed by atoms with Gasteiger partial charge >= 0.3 is 0 Å². The van der Waals surface area contributed by atoms with Gasteiger partial charge < -0.3 is 9.64 Å². The van der Waals surface area contributed by atoms with Crippen LogP contribution in [0.2, 0.25) is 0 Å². The molecule has 0 aliphatic carbocycles. The highest BCUT2D eigenvalue weighted by Gasteiger charge is 2.26. The number of ether oxygens (including phenoxy) is 1. The molecule has 1 aromatic carbocycles.